The molecule has 1 rings (SSSR count). The highest BCUT2D eigenvalue weighted by Crippen LogP contribution is 2.21. The van der Waals surface area contributed by atoms with Crippen LogP contribution in [0.4, 0.5) is 4.79 Å². The Morgan fingerprint density at radius 1 is 1.32 bits per heavy atom. The fourth-order valence-corrected chi connectivity index (χ4v) is 1.82. The van der Waals surface area contributed by atoms with E-state index in [4.69, 9.17) is 4.74 Å². The number of Topliss-reactive ketones (excluding diaryl/α,β-unsaturated/α-hetero) is 2. The lowest BCUT2D eigenvalue weighted by Crippen LogP contribution is -2.50. The standard InChI is InChI=1S/C13H19NO5/c1-8(15)7-9-10(16)5-6-14(11(9)17)12(18)19-13(2,3)4/h9H,5-7H2,1-4H3. The Balaban J connectivity index is 2.81. The van der Waals surface area contributed by atoms with E-state index in [9.17, 15) is 19.2 Å². The van der Waals surface area contributed by atoms with Gasteiger partial charge in [0.15, 0.2) is 0 Å². The Morgan fingerprint density at radius 2 is 1.89 bits per heavy atom. The van der Waals surface area contributed by atoms with Gasteiger partial charge in [0.1, 0.15) is 23.1 Å². The van der Waals surface area contributed by atoms with Crippen molar-refractivity contribution in [2.75, 3.05) is 6.54 Å². The van der Waals surface area contributed by atoms with E-state index in [1.54, 1.807) is 20.8 Å². The zero-order valence-electron chi connectivity index (χ0n) is 11.7. The third kappa shape index (κ3) is 4.15. The summed E-state index contributed by atoms with van der Waals surface area (Å²) in [5.74, 6) is -2.22. The normalized spacial score (nSPS) is 20.4. The van der Waals surface area contributed by atoms with Crippen molar-refractivity contribution in [2.24, 2.45) is 5.92 Å². The van der Waals surface area contributed by atoms with Crippen LogP contribution in [0, 0.1) is 5.92 Å². The molecule has 1 aliphatic heterocycles. The largest absolute Gasteiger partial charge is 0.443 e. The first-order chi connectivity index (χ1) is 8.61. The summed E-state index contributed by atoms with van der Waals surface area (Å²) in [7, 11) is 0. The summed E-state index contributed by atoms with van der Waals surface area (Å²) in [6.45, 7) is 6.40. The van der Waals surface area contributed by atoms with E-state index in [-0.39, 0.29) is 31.0 Å². The Labute approximate surface area is 112 Å². The van der Waals surface area contributed by atoms with Crippen molar-refractivity contribution in [1.82, 2.24) is 4.90 Å². The molecule has 6 heteroatoms. The van der Waals surface area contributed by atoms with Crippen LogP contribution >= 0.6 is 0 Å². The zero-order valence-corrected chi connectivity index (χ0v) is 11.7. The van der Waals surface area contributed by atoms with Crippen LogP contribution in [0.5, 0.6) is 0 Å². The smallest absolute Gasteiger partial charge is 0.417 e. The van der Waals surface area contributed by atoms with Crippen LogP contribution in [-0.4, -0.2) is 40.6 Å². The molecule has 1 atom stereocenters. The van der Waals surface area contributed by atoms with Gasteiger partial charge in [0.25, 0.3) is 0 Å². The van der Waals surface area contributed by atoms with Crippen molar-refractivity contribution < 1.29 is 23.9 Å². The summed E-state index contributed by atoms with van der Waals surface area (Å²) in [6, 6.07) is 0. The van der Waals surface area contributed by atoms with Gasteiger partial charge in [-0.2, -0.15) is 0 Å². The van der Waals surface area contributed by atoms with Crippen molar-refractivity contribution in [1.29, 1.82) is 0 Å². The molecule has 0 radical (unpaired) electrons. The van der Waals surface area contributed by atoms with Crippen molar-refractivity contribution in [3.05, 3.63) is 0 Å². The summed E-state index contributed by atoms with van der Waals surface area (Å²) >= 11 is 0. The molecule has 0 aromatic heterocycles. The van der Waals surface area contributed by atoms with Gasteiger partial charge in [0, 0.05) is 19.4 Å². The molecular formula is C13H19NO5. The predicted octanol–water partition coefficient (Wildman–Crippen LogP) is 1.32. The zero-order chi connectivity index (χ0) is 14.8. The minimum atomic E-state index is -1.04. The number of imide groups is 1. The van der Waals surface area contributed by atoms with E-state index in [1.807, 2.05) is 0 Å². The fraction of sp³-hybridized carbons (Fsp3) is 0.692. The van der Waals surface area contributed by atoms with Gasteiger partial charge < -0.3 is 4.74 Å². The molecule has 6 nitrogen and oxygen atoms in total. The van der Waals surface area contributed by atoms with Crippen LogP contribution in [0.1, 0.15) is 40.5 Å². The second kappa shape index (κ2) is 5.50. The van der Waals surface area contributed by atoms with E-state index < -0.39 is 23.5 Å². The monoisotopic (exact) mass is 269 g/mol. The molecule has 0 aliphatic carbocycles. The van der Waals surface area contributed by atoms with Gasteiger partial charge in [-0.05, 0) is 27.7 Å². The average Bonchev–Trinajstić information content (AvgIpc) is 2.21. The Morgan fingerprint density at radius 3 is 2.37 bits per heavy atom. The Bertz CT molecular complexity index is 421. The SMILES string of the molecule is CC(=O)CC1C(=O)CCN(C(=O)OC(C)(C)C)C1=O. The molecule has 1 aliphatic rings. The molecule has 1 heterocycles. The van der Waals surface area contributed by atoms with Crippen LogP contribution in [0.15, 0.2) is 0 Å². The van der Waals surface area contributed by atoms with Crippen LogP contribution in [0.3, 0.4) is 0 Å². The number of carbonyl (C=O) groups excluding carboxylic acids is 4. The molecule has 2 amide bonds. The highest BCUT2D eigenvalue weighted by molar-refractivity contribution is 6.10. The number of hydrogen-bond acceptors (Lipinski definition) is 5. The maximum Gasteiger partial charge on any atom is 0.417 e. The number of nitrogens with zero attached hydrogens (tertiary/aromatic N) is 1. The van der Waals surface area contributed by atoms with Crippen molar-refractivity contribution in [2.45, 2.75) is 46.1 Å². The van der Waals surface area contributed by atoms with Gasteiger partial charge in [0.05, 0.1) is 0 Å². The van der Waals surface area contributed by atoms with Gasteiger partial charge in [-0.15, -0.1) is 0 Å². The first-order valence-electron chi connectivity index (χ1n) is 6.18. The topological polar surface area (TPSA) is 80.8 Å². The van der Waals surface area contributed by atoms with E-state index in [2.05, 4.69) is 0 Å². The summed E-state index contributed by atoms with van der Waals surface area (Å²) in [6.07, 6.45) is -0.849. The highest BCUT2D eigenvalue weighted by Gasteiger charge is 2.40. The third-order valence-electron chi connectivity index (χ3n) is 2.64. The Kier molecular flexibility index (Phi) is 4.44. The third-order valence-corrected chi connectivity index (χ3v) is 2.64. The van der Waals surface area contributed by atoms with E-state index in [0.717, 1.165) is 4.90 Å². The number of ketones is 2. The maximum atomic E-state index is 12.1. The second-order valence-corrected chi connectivity index (χ2v) is 5.65. The number of carbonyl (C=O) groups is 4. The van der Waals surface area contributed by atoms with E-state index in [0.29, 0.717) is 0 Å². The second-order valence-electron chi connectivity index (χ2n) is 5.65. The van der Waals surface area contributed by atoms with Gasteiger partial charge in [0.2, 0.25) is 5.91 Å². The number of ether oxygens (including phenoxy) is 1. The van der Waals surface area contributed by atoms with Crippen molar-refractivity contribution in [3.63, 3.8) is 0 Å². The molecule has 1 saturated heterocycles. The van der Waals surface area contributed by atoms with Crippen molar-refractivity contribution in [3.8, 4) is 0 Å². The number of hydrogen-bond donors (Lipinski definition) is 0. The van der Waals surface area contributed by atoms with Gasteiger partial charge in [-0.1, -0.05) is 0 Å². The number of likely N-dealkylation sites (tertiary alicyclic amines) is 1. The minimum Gasteiger partial charge on any atom is -0.443 e. The van der Waals surface area contributed by atoms with Crippen LogP contribution < -0.4 is 0 Å². The van der Waals surface area contributed by atoms with Crippen LogP contribution in [-0.2, 0) is 19.1 Å². The molecular weight excluding hydrogens is 250 g/mol. The first-order valence-corrected chi connectivity index (χ1v) is 6.18. The lowest BCUT2D eigenvalue weighted by atomic mass is 9.91. The molecule has 1 fully saturated rings. The fourth-order valence-electron chi connectivity index (χ4n) is 1.82. The molecule has 0 N–H and O–H groups in total. The lowest BCUT2D eigenvalue weighted by Gasteiger charge is -2.31. The number of rotatable bonds is 2. The summed E-state index contributed by atoms with van der Waals surface area (Å²) in [5, 5.41) is 0. The molecule has 0 spiro atoms. The number of piperidine rings is 1. The van der Waals surface area contributed by atoms with Gasteiger partial charge in [-0.25, -0.2) is 9.69 Å². The Hall–Kier alpha value is -1.72. The molecule has 0 aromatic rings. The highest BCUT2D eigenvalue weighted by atomic mass is 16.6. The molecule has 0 saturated carbocycles. The van der Waals surface area contributed by atoms with Gasteiger partial charge in [-0.3, -0.25) is 14.4 Å². The van der Waals surface area contributed by atoms with E-state index >= 15 is 0 Å². The molecule has 106 valence electrons. The minimum absolute atomic E-state index is 0.0149. The van der Waals surface area contributed by atoms with Gasteiger partial charge >= 0.3 is 6.09 Å². The average molecular weight is 269 g/mol. The quantitative estimate of drug-likeness (QED) is 0.706. The van der Waals surface area contributed by atoms with Crippen LogP contribution in [0.25, 0.3) is 0 Å². The molecule has 0 bridgehead atoms. The summed E-state index contributed by atoms with van der Waals surface area (Å²) in [4.78, 5) is 47.5. The summed E-state index contributed by atoms with van der Waals surface area (Å²) < 4.78 is 5.11. The molecule has 0 aromatic carbocycles. The predicted molar refractivity (Wildman–Crippen MR) is 66.4 cm³/mol. The molecule has 19 heavy (non-hydrogen) atoms. The van der Waals surface area contributed by atoms with Crippen molar-refractivity contribution >= 4 is 23.6 Å². The summed E-state index contributed by atoms with van der Waals surface area (Å²) in [5.41, 5.74) is -0.713. The van der Waals surface area contributed by atoms with Crippen LogP contribution in [0.2, 0.25) is 0 Å². The van der Waals surface area contributed by atoms with E-state index in [1.165, 1.54) is 6.92 Å². The maximum absolute atomic E-state index is 12.1. The first kappa shape index (κ1) is 15.3. The molecule has 1 unspecified atom stereocenters. The lowest BCUT2D eigenvalue weighted by molar-refractivity contribution is -0.146. The number of amides is 2.